The van der Waals surface area contributed by atoms with E-state index in [1.54, 1.807) is 6.92 Å². The average molecular weight is 349 g/mol. The van der Waals surface area contributed by atoms with Crippen LogP contribution >= 0.6 is 12.4 Å². The van der Waals surface area contributed by atoms with Gasteiger partial charge in [-0.1, -0.05) is 0 Å². The van der Waals surface area contributed by atoms with Gasteiger partial charge in [0, 0.05) is 19.6 Å². The van der Waals surface area contributed by atoms with E-state index in [9.17, 15) is 13.2 Å². The molecule has 1 heterocycles. The van der Waals surface area contributed by atoms with Gasteiger partial charge < -0.3 is 10.1 Å². The zero-order chi connectivity index (χ0) is 15.5. The number of nitrogens with one attached hydrogen (secondary N) is 1. The highest BCUT2D eigenvalue weighted by Gasteiger charge is 2.25. The molecule has 0 aromatic heterocycles. The van der Waals surface area contributed by atoms with Crippen LogP contribution in [0.1, 0.15) is 22.3 Å². The van der Waals surface area contributed by atoms with Gasteiger partial charge in [0.1, 0.15) is 0 Å². The first-order chi connectivity index (χ1) is 9.96. The lowest BCUT2D eigenvalue weighted by molar-refractivity contribution is 0.0600. The highest BCUT2D eigenvalue weighted by atomic mass is 35.5. The standard InChI is InChI=1S/C14H20N2O4S.ClH/c1-11-10-12(4-5-13(11)14(17)20-2)21(18,19)16-8-3-6-15-7-9-16;/h4-5,10,15H,3,6-9H2,1-2H3;1H. The lowest BCUT2D eigenvalue weighted by Gasteiger charge is -2.20. The Balaban J connectivity index is 0.00000242. The summed E-state index contributed by atoms with van der Waals surface area (Å²) in [5.74, 6) is -0.463. The van der Waals surface area contributed by atoms with E-state index in [0.717, 1.165) is 13.0 Å². The van der Waals surface area contributed by atoms with Crippen LogP contribution < -0.4 is 5.32 Å². The molecule has 1 N–H and O–H groups in total. The second-order valence-corrected chi connectivity index (χ2v) is 6.91. The van der Waals surface area contributed by atoms with Crippen molar-refractivity contribution >= 4 is 28.4 Å². The summed E-state index contributed by atoms with van der Waals surface area (Å²) in [4.78, 5) is 11.8. The van der Waals surface area contributed by atoms with Crippen molar-refractivity contribution in [3.8, 4) is 0 Å². The minimum atomic E-state index is -3.52. The predicted molar refractivity (Wildman–Crippen MR) is 86.0 cm³/mol. The molecule has 1 saturated heterocycles. The number of halogens is 1. The van der Waals surface area contributed by atoms with E-state index in [1.165, 1.54) is 29.6 Å². The maximum Gasteiger partial charge on any atom is 0.338 e. The Bertz CT molecular complexity index is 626. The summed E-state index contributed by atoms with van der Waals surface area (Å²) >= 11 is 0. The first-order valence-electron chi connectivity index (χ1n) is 6.86. The zero-order valence-electron chi connectivity index (χ0n) is 12.7. The minimum Gasteiger partial charge on any atom is -0.465 e. The average Bonchev–Trinajstić information content (AvgIpc) is 2.76. The van der Waals surface area contributed by atoms with Crippen molar-refractivity contribution in [1.29, 1.82) is 0 Å². The molecule has 2 rings (SSSR count). The van der Waals surface area contributed by atoms with Crippen LogP contribution in [0.2, 0.25) is 0 Å². The molecule has 0 saturated carbocycles. The van der Waals surface area contributed by atoms with Crippen molar-refractivity contribution < 1.29 is 17.9 Å². The van der Waals surface area contributed by atoms with E-state index in [4.69, 9.17) is 0 Å². The van der Waals surface area contributed by atoms with Crippen LogP contribution in [0, 0.1) is 6.92 Å². The van der Waals surface area contributed by atoms with Crippen molar-refractivity contribution in [2.45, 2.75) is 18.2 Å². The molecule has 8 heteroatoms. The zero-order valence-corrected chi connectivity index (χ0v) is 14.3. The van der Waals surface area contributed by atoms with Gasteiger partial charge in [0.25, 0.3) is 0 Å². The van der Waals surface area contributed by atoms with E-state index < -0.39 is 16.0 Å². The molecule has 0 atom stereocenters. The van der Waals surface area contributed by atoms with Crippen LogP contribution in [-0.4, -0.2) is 52.0 Å². The fourth-order valence-electron chi connectivity index (χ4n) is 2.35. The fourth-order valence-corrected chi connectivity index (χ4v) is 3.91. The second kappa shape index (κ2) is 7.92. The first kappa shape index (κ1) is 18.9. The first-order valence-corrected chi connectivity index (χ1v) is 8.30. The van der Waals surface area contributed by atoms with Crippen LogP contribution in [0.3, 0.4) is 0 Å². The normalized spacial score (nSPS) is 16.5. The van der Waals surface area contributed by atoms with Gasteiger partial charge in [-0.3, -0.25) is 0 Å². The summed E-state index contributed by atoms with van der Waals surface area (Å²) in [6, 6.07) is 4.50. The van der Waals surface area contributed by atoms with E-state index in [2.05, 4.69) is 10.1 Å². The second-order valence-electron chi connectivity index (χ2n) is 4.98. The maximum atomic E-state index is 12.6. The van der Waals surface area contributed by atoms with Crippen molar-refractivity contribution in [3.63, 3.8) is 0 Å². The molecule has 0 bridgehead atoms. The van der Waals surface area contributed by atoms with Gasteiger partial charge in [0.15, 0.2) is 0 Å². The smallest absolute Gasteiger partial charge is 0.338 e. The molecular formula is C14H21ClN2O4S. The van der Waals surface area contributed by atoms with Gasteiger partial charge in [-0.2, -0.15) is 4.31 Å². The van der Waals surface area contributed by atoms with Crippen molar-refractivity contribution in [2.75, 3.05) is 33.3 Å². The molecule has 0 unspecified atom stereocenters. The Morgan fingerprint density at radius 1 is 1.27 bits per heavy atom. The van der Waals surface area contributed by atoms with E-state index >= 15 is 0 Å². The van der Waals surface area contributed by atoms with Crippen molar-refractivity contribution in [3.05, 3.63) is 29.3 Å². The van der Waals surface area contributed by atoms with E-state index in [1.807, 2.05) is 0 Å². The molecule has 1 aromatic rings. The third-order valence-electron chi connectivity index (χ3n) is 3.54. The Kier molecular flexibility index (Phi) is 6.80. The quantitative estimate of drug-likeness (QED) is 0.830. The SMILES string of the molecule is COC(=O)c1ccc(S(=O)(=O)N2CCCNCC2)cc1C.Cl. The largest absolute Gasteiger partial charge is 0.465 e. The highest BCUT2D eigenvalue weighted by Crippen LogP contribution is 2.20. The molecule has 0 aliphatic carbocycles. The van der Waals surface area contributed by atoms with Crippen LogP contribution in [0.5, 0.6) is 0 Å². The molecule has 22 heavy (non-hydrogen) atoms. The molecule has 1 aliphatic heterocycles. The number of benzene rings is 1. The molecule has 1 fully saturated rings. The van der Waals surface area contributed by atoms with Gasteiger partial charge in [-0.05, 0) is 43.7 Å². The third-order valence-corrected chi connectivity index (χ3v) is 5.43. The topological polar surface area (TPSA) is 75.7 Å². The number of nitrogens with zero attached hydrogens (tertiary/aromatic N) is 1. The summed E-state index contributed by atoms with van der Waals surface area (Å²) in [6.45, 7) is 4.15. The molecule has 0 radical (unpaired) electrons. The number of aryl methyl sites for hydroxylation is 1. The van der Waals surface area contributed by atoms with Gasteiger partial charge in [0.05, 0.1) is 17.6 Å². The van der Waals surface area contributed by atoms with E-state index in [0.29, 0.717) is 30.8 Å². The number of hydrogen-bond donors (Lipinski definition) is 1. The fraction of sp³-hybridized carbons (Fsp3) is 0.500. The number of esters is 1. The van der Waals surface area contributed by atoms with Crippen LogP contribution in [-0.2, 0) is 14.8 Å². The molecular weight excluding hydrogens is 328 g/mol. The summed E-state index contributed by atoms with van der Waals surface area (Å²) in [5.41, 5.74) is 0.977. The molecule has 6 nitrogen and oxygen atoms in total. The molecule has 0 amide bonds. The Labute approximate surface area is 137 Å². The monoisotopic (exact) mass is 348 g/mol. The lowest BCUT2D eigenvalue weighted by atomic mass is 10.1. The van der Waals surface area contributed by atoms with Gasteiger partial charge >= 0.3 is 5.97 Å². The number of methoxy groups -OCH3 is 1. The Morgan fingerprint density at radius 2 is 2.00 bits per heavy atom. The van der Waals surface area contributed by atoms with Crippen molar-refractivity contribution in [1.82, 2.24) is 9.62 Å². The van der Waals surface area contributed by atoms with Crippen molar-refractivity contribution in [2.24, 2.45) is 0 Å². The molecule has 0 spiro atoms. The highest BCUT2D eigenvalue weighted by molar-refractivity contribution is 7.89. The number of hydrogen-bond acceptors (Lipinski definition) is 5. The molecule has 124 valence electrons. The summed E-state index contributed by atoms with van der Waals surface area (Å²) in [5, 5.41) is 3.18. The van der Waals surface area contributed by atoms with Gasteiger partial charge in [0.2, 0.25) is 10.0 Å². The lowest BCUT2D eigenvalue weighted by Crippen LogP contribution is -2.34. The number of carbonyl (C=O) groups excluding carboxylic acids is 1. The Morgan fingerprint density at radius 3 is 2.64 bits per heavy atom. The van der Waals surface area contributed by atoms with Gasteiger partial charge in [-0.25, -0.2) is 13.2 Å². The third kappa shape index (κ3) is 3.98. The summed E-state index contributed by atoms with van der Waals surface area (Å²) < 4.78 is 31.4. The summed E-state index contributed by atoms with van der Waals surface area (Å²) in [6.07, 6.45) is 0.790. The number of carbonyl (C=O) groups is 1. The number of ether oxygens (including phenoxy) is 1. The van der Waals surface area contributed by atoms with Crippen LogP contribution in [0.25, 0.3) is 0 Å². The molecule has 1 aliphatic rings. The molecule has 1 aromatic carbocycles. The predicted octanol–water partition coefficient (Wildman–Crippen LogP) is 1.19. The van der Waals surface area contributed by atoms with E-state index in [-0.39, 0.29) is 17.3 Å². The van der Waals surface area contributed by atoms with Crippen LogP contribution in [0.4, 0.5) is 0 Å². The number of rotatable bonds is 3. The number of sulfonamides is 1. The van der Waals surface area contributed by atoms with Crippen LogP contribution in [0.15, 0.2) is 23.1 Å². The maximum absolute atomic E-state index is 12.6. The summed E-state index contributed by atoms with van der Waals surface area (Å²) in [7, 11) is -2.21. The van der Waals surface area contributed by atoms with Gasteiger partial charge in [-0.15, -0.1) is 12.4 Å². The minimum absolute atomic E-state index is 0. The Hall–Kier alpha value is -1.15.